The second-order valence-electron chi connectivity index (χ2n) is 6.82. The number of rotatable bonds is 1. The van der Waals surface area contributed by atoms with Gasteiger partial charge in [0.2, 0.25) is 0 Å². The Morgan fingerprint density at radius 3 is 2.65 bits per heavy atom. The highest BCUT2D eigenvalue weighted by Crippen LogP contribution is 2.68. The second kappa shape index (κ2) is 2.96. The van der Waals surface area contributed by atoms with E-state index in [1.807, 2.05) is 0 Å². The molecule has 4 aliphatic carbocycles. The number of hydrogen-bond donors (Lipinski definition) is 0. The molecule has 3 fully saturated rings. The molecule has 2 heteroatoms. The molecule has 7 unspecified atom stereocenters. The molecule has 4 rings (SSSR count). The Labute approximate surface area is 102 Å². The van der Waals surface area contributed by atoms with Crippen molar-refractivity contribution in [3.8, 4) is 0 Å². The molecule has 0 aromatic carbocycles. The van der Waals surface area contributed by atoms with Crippen LogP contribution in [0.2, 0.25) is 0 Å². The van der Waals surface area contributed by atoms with Crippen molar-refractivity contribution in [1.29, 1.82) is 0 Å². The highest BCUT2D eigenvalue weighted by Gasteiger charge is 2.65. The fourth-order valence-corrected chi connectivity index (χ4v) is 5.76. The van der Waals surface area contributed by atoms with Crippen LogP contribution in [0, 0.1) is 35.5 Å². The molecule has 4 bridgehead atoms. The minimum absolute atomic E-state index is 0.102. The normalized spacial score (nSPS) is 57.5. The van der Waals surface area contributed by atoms with Gasteiger partial charge < -0.3 is 4.74 Å². The molecular weight excluding hydrogens is 212 g/mol. The minimum atomic E-state index is -0.157. The lowest BCUT2D eigenvalue weighted by molar-refractivity contribution is -0.164. The molecule has 2 nitrogen and oxygen atoms in total. The first-order chi connectivity index (χ1) is 8.08. The highest BCUT2D eigenvalue weighted by atomic mass is 16.6. The molecule has 0 aliphatic heterocycles. The van der Waals surface area contributed by atoms with Gasteiger partial charge in [-0.05, 0) is 55.8 Å². The van der Waals surface area contributed by atoms with E-state index in [4.69, 9.17) is 4.74 Å². The third kappa shape index (κ3) is 1.14. The van der Waals surface area contributed by atoms with Crippen LogP contribution in [-0.4, -0.2) is 11.6 Å². The fraction of sp³-hybridized carbons (Fsp3) is 0.800. The van der Waals surface area contributed by atoms with Crippen molar-refractivity contribution < 1.29 is 9.53 Å². The molecule has 0 aromatic rings. The maximum absolute atomic E-state index is 11.3. The smallest absolute Gasteiger partial charge is 0.303 e. The predicted octanol–water partition coefficient (Wildman–Crippen LogP) is 2.79. The first-order valence-electron chi connectivity index (χ1n) is 6.96. The molecule has 4 aliphatic rings. The number of carbonyl (C=O) groups is 1. The number of esters is 1. The van der Waals surface area contributed by atoms with Crippen molar-refractivity contribution in [2.24, 2.45) is 35.5 Å². The zero-order valence-electron chi connectivity index (χ0n) is 10.6. The molecule has 0 spiro atoms. The van der Waals surface area contributed by atoms with E-state index in [1.165, 1.54) is 12.8 Å². The molecule has 0 heterocycles. The fourth-order valence-electron chi connectivity index (χ4n) is 5.76. The summed E-state index contributed by atoms with van der Waals surface area (Å²) >= 11 is 0. The van der Waals surface area contributed by atoms with Crippen LogP contribution in [0.5, 0.6) is 0 Å². The Morgan fingerprint density at radius 2 is 1.94 bits per heavy atom. The Hall–Kier alpha value is -0.790. The maximum Gasteiger partial charge on any atom is 0.303 e. The van der Waals surface area contributed by atoms with E-state index in [-0.39, 0.29) is 11.6 Å². The summed E-state index contributed by atoms with van der Waals surface area (Å²) in [6.07, 6.45) is 8.66. The van der Waals surface area contributed by atoms with Crippen LogP contribution in [-0.2, 0) is 9.53 Å². The monoisotopic (exact) mass is 232 g/mol. The van der Waals surface area contributed by atoms with Gasteiger partial charge in [0.1, 0.15) is 5.60 Å². The molecular formula is C15H20O2. The van der Waals surface area contributed by atoms with Crippen molar-refractivity contribution in [3.63, 3.8) is 0 Å². The second-order valence-corrected chi connectivity index (χ2v) is 6.82. The zero-order chi connectivity index (χ0) is 11.8. The third-order valence-corrected chi connectivity index (χ3v) is 5.98. The van der Waals surface area contributed by atoms with Crippen LogP contribution < -0.4 is 0 Å². The van der Waals surface area contributed by atoms with Crippen molar-refractivity contribution >= 4 is 5.97 Å². The van der Waals surface area contributed by atoms with E-state index in [9.17, 15) is 4.79 Å². The highest BCUT2D eigenvalue weighted by molar-refractivity contribution is 5.66. The van der Waals surface area contributed by atoms with Gasteiger partial charge in [0, 0.05) is 12.8 Å². The summed E-state index contributed by atoms with van der Waals surface area (Å²) in [4.78, 5) is 11.3. The van der Waals surface area contributed by atoms with Gasteiger partial charge in [-0.2, -0.15) is 0 Å². The van der Waals surface area contributed by atoms with Crippen LogP contribution in [0.1, 0.15) is 33.1 Å². The van der Waals surface area contributed by atoms with E-state index in [2.05, 4.69) is 19.1 Å². The van der Waals surface area contributed by atoms with Gasteiger partial charge in [-0.1, -0.05) is 12.2 Å². The lowest BCUT2D eigenvalue weighted by Crippen LogP contribution is -2.44. The standard InChI is InChI=1S/C15H20O2/c1-8(16)17-15(2)7-11-6-12(15)14-10-4-3-9(5-10)13(11)14/h3-4,9-14H,5-7H2,1-2H3. The van der Waals surface area contributed by atoms with E-state index >= 15 is 0 Å². The number of hydrogen-bond acceptors (Lipinski definition) is 2. The van der Waals surface area contributed by atoms with Crippen LogP contribution >= 0.6 is 0 Å². The number of fused-ring (bicyclic) bond motifs is 9. The molecule has 92 valence electrons. The van der Waals surface area contributed by atoms with E-state index in [1.54, 1.807) is 6.92 Å². The summed E-state index contributed by atoms with van der Waals surface area (Å²) < 4.78 is 5.69. The number of ether oxygens (including phenoxy) is 1. The van der Waals surface area contributed by atoms with Gasteiger partial charge >= 0.3 is 5.97 Å². The van der Waals surface area contributed by atoms with Crippen LogP contribution in [0.4, 0.5) is 0 Å². The van der Waals surface area contributed by atoms with Crippen molar-refractivity contribution in [3.05, 3.63) is 12.2 Å². The lowest BCUT2D eigenvalue weighted by Gasteiger charge is -2.42. The van der Waals surface area contributed by atoms with Crippen LogP contribution in [0.15, 0.2) is 12.2 Å². The molecule has 17 heavy (non-hydrogen) atoms. The molecule has 0 radical (unpaired) electrons. The largest absolute Gasteiger partial charge is 0.459 e. The van der Waals surface area contributed by atoms with Gasteiger partial charge in [-0.3, -0.25) is 4.79 Å². The van der Waals surface area contributed by atoms with Gasteiger partial charge in [0.05, 0.1) is 0 Å². The summed E-state index contributed by atoms with van der Waals surface area (Å²) in [7, 11) is 0. The van der Waals surface area contributed by atoms with Crippen molar-refractivity contribution in [2.75, 3.05) is 0 Å². The average Bonchev–Trinajstić information content (AvgIpc) is 2.88. The molecule has 0 saturated heterocycles. The zero-order valence-corrected chi connectivity index (χ0v) is 10.6. The Kier molecular flexibility index (Phi) is 1.77. The molecule has 0 aromatic heterocycles. The minimum Gasteiger partial charge on any atom is -0.459 e. The van der Waals surface area contributed by atoms with Crippen molar-refractivity contribution in [2.45, 2.75) is 38.7 Å². The Morgan fingerprint density at radius 1 is 1.24 bits per heavy atom. The van der Waals surface area contributed by atoms with E-state index in [0.717, 1.165) is 36.0 Å². The summed E-state index contributed by atoms with van der Waals surface area (Å²) in [6.45, 7) is 3.72. The average molecular weight is 232 g/mol. The summed E-state index contributed by atoms with van der Waals surface area (Å²) in [5, 5.41) is 0. The van der Waals surface area contributed by atoms with Gasteiger partial charge in [0.25, 0.3) is 0 Å². The Bertz CT molecular complexity index is 413. The maximum atomic E-state index is 11.3. The van der Waals surface area contributed by atoms with E-state index < -0.39 is 0 Å². The van der Waals surface area contributed by atoms with Crippen LogP contribution in [0.3, 0.4) is 0 Å². The van der Waals surface area contributed by atoms with Gasteiger partial charge in [-0.25, -0.2) is 0 Å². The first-order valence-corrected chi connectivity index (χ1v) is 6.96. The summed E-state index contributed by atoms with van der Waals surface area (Å²) in [5.41, 5.74) is -0.157. The lowest BCUT2D eigenvalue weighted by atomic mass is 9.68. The molecule has 3 saturated carbocycles. The third-order valence-electron chi connectivity index (χ3n) is 5.98. The number of allylic oxidation sites excluding steroid dienone is 2. The predicted molar refractivity (Wildman–Crippen MR) is 64.1 cm³/mol. The summed E-state index contributed by atoms with van der Waals surface area (Å²) in [5.74, 6) is 4.70. The number of carbonyl (C=O) groups excluding carboxylic acids is 1. The van der Waals surface area contributed by atoms with Gasteiger partial charge in [0.15, 0.2) is 0 Å². The van der Waals surface area contributed by atoms with E-state index in [0.29, 0.717) is 5.92 Å². The van der Waals surface area contributed by atoms with Crippen molar-refractivity contribution in [1.82, 2.24) is 0 Å². The molecule has 0 N–H and O–H groups in total. The van der Waals surface area contributed by atoms with Crippen LogP contribution in [0.25, 0.3) is 0 Å². The molecule has 0 amide bonds. The quantitative estimate of drug-likeness (QED) is 0.395. The SMILES string of the molecule is CC(=O)OC1(C)CC2CC1C1C3C=CC(C3)C21. The topological polar surface area (TPSA) is 26.3 Å². The molecule has 7 atom stereocenters. The first kappa shape index (κ1) is 10.2. The summed E-state index contributed by atoms with van der Waals surface area (Å²) in [6, 6.07) is 0. The Balaban J connectivity index is 1.67. The van der Waals surface area contributed by atoms with Gasteiger partial charge in [-0.15, -0.1) is 0 Å².